The van der Waals surface area contributed by atoms with Gasteiger partial charge in [-0.15, -0.1) is 0 Å². The Bertz CT molecular complexity index is 194. The summed E-state index contributed by atoms with van der Waals surface area (Å²) in [6.45, 7) is 4.80. The molecule has 0 aromatic heterocycles. The van der Waals surface area contributed by atoms with Crippen LogP contribution in [0.3, 0.4) is 0 Å². The van der Waals surface area contributed by atoms with Crippen LogP contribution in [0.2, 0.25) is 0 Å². The van der Waals surface area contributed by atoms with Crippen molar-refractivity contribution in [2.45, 2.75) is 20.3 Å². The summed E-state index contributed by atoms with van der Waals surface area (Å²) in [4.78, 5) is 21.5. The molecule has 5 heteroatoms. The first-order valence-electron chi connectivity index (χ1n) is 4.78. The van der Waals surface area contributed by atoms with Crippen LogP contribution in [0, 0.1) is 5.92 Å². The van der Waals surface area contributed by atoms with Crippen LogP contribution in [-0.2, 0) is 9.59 Å². The van der Waals surface area contributed by atoms with E-state index in [9.17, 15) is 9.59 Å². The summed E-state index contributed by atoms with van der Waals surface area (Å²) in [6.07, 6.45) is 0.971. The Kier molecular flexibility index (Phi) is 6.74. The topological polar surface area (TPSA) is 78.4 Å². The zero-order valence-electron chi connectivity index (χ0n) is 8.67. The molecule has 0 aromatic rings. The van der Waals surface area contributed by atoms with Crippen LogP contribution in [0.5, 0.6) is 0 Å². The van der Waals surface area contributed by atoms with Crippen molar-refractivity contribution in [3.05, 3.63) is 0 Å². The van der Waals surface area contributed by atoms with Gasteiger partial charge in [-0.25, -0.2) is 0 Å². The molecule has 0 saturated heterocycles. The van der Waals surface area contributed by atoms with Gasteiger partial charge in [0, 0.05) is 6.54 Å². The maximum atomic E-state index is 11.1. The molecule has 1 atom stereocenters. The van der Waals surface area contributed by atoms with Gasteiger partial charge in [-0.05, 0) is 13.0 Å². The van der Waals surface area contributed by atoms with Crippen molar-refractivity contribution in [3.8, 4) is 0 Å². The second-order valence-corrected chi connectivity index (χ2v) is 3.22. The van der Waals surface area contributed by atoms with Gasteiger partial charge in [-0.2, -0.15) is 0 Å². The molecule has 0 saturated carbocycles. The molecule has 14 heavy (non-hydrogen) atoms. The molecule has 0 heterocycles. The highest BCUT2D eigenvalue weighted by atomic mass is 16.4. The average molecular weight is 202 g/mol. The van der Waals surface area contributed by atoms with Crippen molar-refractivity contribution in [1.29, 1.82) is 0 Å². The van der Waals surface area contributed by atoms with Crippen LogP contribution < -0.4 is 10.6 Å². The third-order valence-electron chi connectivity index (χ3n) is 1.74. The summed E-state index contributed by atoms with van der Waals surface area (Å²) in [5, 5.41) is 14.0. The molecule has 0 radical (unpaired) electrons. The minimum absolute atomic E-state index is 0.161. The largest absolute Gasteiger partial charge is 0.481 e. The number of carbonyl (C=O) groups excluding carboxylic acids is 1. The van der Waals surface area contributed by atoms with Crippen molar-refractivity contribution >= 4 is 11.9 Å². The lowest BCUT2D eigenvalue weighted by atomic mass is 10.2. The second kappa shape index (κ2) is 7.32. The highest BCUT2D eigenvalue weighted by molar-refractivity contribution is 5.79. The predicted octanol–water partition coefficient (Wildman–Crippen LogP) is -0.177. The van der Waals surface area contributed by atoms with Crippen molar-refractivity contribution in [1.82, 2.24) is 10.6 Å². The summed E-state index contributed by atoms with van der Waals surface area (Å²) in [5.41, 5.74) is 0. The van der Waals surface area contributed by atoms with Gasteiger partial charge in [-0.1, -0.05) is 13.8 Å². The zero-order valence-corrected chi connectivity index (χ0v) is 8.67. The van der Waals surface area contributed by atoms with E-state index >= 15 is 0 Å². The van der Waals surface area contributed by atoms with Crippen LogP contribution in [0.25, 0.3) is 0 Å². The van der Waals surface area contributed by atoms with Gasteiger partial charge in [0.25, 0.3) is 0 Å². The fraction of sp³-hybridized carbons (Fsp3) is 0.778. The van der Waals surface area contributed by atoms with Crippen LogP contribution in [0.15, 0.2) is 0 Å². The van der Waals surface area contributed by atoms with E-state index in [0.717, 1.165) is 13.0 Å². The van der Waals surface area contributed by atoms with Crippen LogP contribution >= 0.6 is 0 Å². The van der Waals surface area contributed by atoms with Gasteiger partial charge in [0.2, 0.25) is 5.91 Å². The highest BCUT2D eigenvalue weighted by Gasteiger charge is 2.11. The first kappa shape index (κ1) is 12.9. The molecule has 0 fully saturated rings. The molecule has 0 aromatic carbocycles. The Labute approximate surface area is 83.9 Å². The summed E-state index contributed by atoms with van der Waals surface area (Å²) in [6, 6.07) is 0. The fourth-order valence-corrected chi connectivity index (χ4v) is 0.795. The van der Waals surface area contributed by atoms with Crippen LogP contribution in [-0.4, -0.2) is 36.6 Å². The van der Waals surface area contributed by atoms with Crippen molar-refractivity contribution in [3.63, 3.8) is 0 Å². The van der Waals surface area contributed by atoms with Gasteiger partial charge >= 0.3 is 5.97 Å². The highest BCUT2D eigenvalue weighted by Crippen LogP contribution is 1.90. The first-order valence-corrected chi connectivity index (χ1v) is 4.78. The Balaban J connectivity index is 3.48. The number of carboxylic acids is 1. The van der Waals surface area contributed by atoms with E-state index < -0.39 is 11.9 Å². The molecule has 1 amide bonds. The molecule has 3 N–H and O–H groups in total. The number of hydrogen-bond acceptors (Lipinski definition) is 3. The zero-order chi connectivity index (χ0) is 11.0. The van der Waals surface area contributed by atoms with E-state index in [2.05, 4.69) is 10.6 Å². The Morgan fingerprint density at radius 3 is 2.57 bits per heavy atom. The molecule has 0 aliphatic rings. The van der Waals surface area contributed by atoms with E-state index in [0.29, 0.717) is 0 Å². The number of amides is 1. The van der Waals surface area contributed by atoms with Crippen molar-refractivity contribution in [2.24, 2.45) is 5.92 Å². The SMILES string of the molecule is CCCNCC(=O)NCC(C)C(=O)O. The maximum absolute atomic E-state index is 11.1. The van der Waals surface area contributed by atoms with E-state index in [4.69, 9.17) is 5.11 Å². The van der Waals surface area contributed by atoms with E-state index in [-0.39, 0.29) is 19.0 Å². The normalized spacial score (nSPS) is 12.1. The third-order valence-corrected chi connectivity index (χ3v) is 1.74. The number of nitrogens with one attached hydrogen (secondary N) is 2. The van der Waals surface area contributed by atoms with Crippen molar-refractivity contribution in [2.75, 3.05) is 19.6 Å². The van der Waals surface area contributed by atoms with Crippen molar-refractivity contribution < 1.29 is 14.7 Å². The van der Waals surface area contributed by atoms with Crippen LogP contribution in [0.1, 0.15) is 20.3 Å². The Morgan fingerprint density at radius 2 is 2.07 bits per heavy atom. The molecule has 0 rings (SSSR count). The van der Waals surface area contributed by atoms with Gasteiger partial charge in [0.05, 0.1) is 12.5 Å². The average Bonchev–Trinajstić information content (AvgIpc) is 2.14. The van der Waals surface area contributed by atoms with Gasteiger partial charge in [0.15, 0.2) is 0 Å². The van der Waals surface area contributed by atoms with Gasteiger partial charge in [0.1, 0.15) is 0 Å². The maximum Gasteiger partial charge on any atom is 0.308 e. The summed E-state index contributed by atoms with van der Waals surface area (Å²) >= 11 is 0. The number of carboxylic acid groups (broad SMARTS) is 1. The minimum atomic E-state index is -0.896. The predicted molar refractivity (Wildman–Crippen MR) is 53.0 cm³/mol. The molecular weight excluding hydrogens is 184 g/mol. The standard InChI is InChI=1S/C9H18N2O3/c1-3-4-10-6-8(12)11-5-7(2)9(13)14/h7,10H,3-6H2,1-2H3,(H,11,12)(H,13,14). The van der Waals surface area contributed by atoms with Crippen LogP contribution in [0.4, 0.5) is 0 Å². The lowest BCUT2D eigenvalue weighted by Gasteiger charge is -2.08. The molecule has 1 unspecified atom stereocenters. The second-order valence-electron chi connectivity index (χ2n) is 3.22. The van der Waals surface area contributed by atoms with Gasteiger partial charge < -0.3 is 15.7 Å². The van der Waals surface area contributed by atoms with E-state index in [1.165, 1.54) is 0 Å². The smallest absolute Gasteiger partial charge is 0.308 e. The molecular formula is C9H18N2O3. The molecule has 0 aliphatic carbocycles. The fourth-order valence-electron chi connectivity index (χ4n) is 0.795. The lowest BCUT2D eigenvalue weighted by molar-refractivity contribution is -0.141. The number of carbonyl (C=O) groups is 2. The Morgan fingerprint density at radius 1 is 1.43 bits per heavy atom. The molecule has 5 nitrogen and oxygen atoms in total. The minimum Gasteiger partial charge on any atom is -0.481 e. The quantitative estimate of drug-likeness (QED) is 0.500. The molecule has 0 spiro atoms. The van der Waals surface area contributed by atoms with E-state index in [1.54, 1.807) is 6.92 Å². The monoisotopic (exact) mass is 202 g/mol. The summed E-state index contributed by atoms with van der Waals surface area (Å²) < 4.78 is 0. The summed E-state index contributed by atoms with van der Waals surface area (Å²) in [5.74, 6) is -1.59. The number of hydrogen-bond donors (Lipinski definition) is 3. The lowest BCUT2D eigenvalue weighted by Crippen LogP contribution is -2.37. The van der Waals surface area contributed by atoms with Gasteiger partial charge in [-0.3, -0.25) is 9.59 Å². The molecule has 0 bridgehead atoms. The Hall–Kier alpha value is -1.10. The molecule has 82 valence electrons. The third kappa shape index (κ3) is 6.42. The molecule has 0 aliphatic heterocycles. The first-order chi connectivity index (χ1) is 6.57. The number of rotatable bonds is 7. The van der Waals surface area contributed by atoms with E-state index in [1.807, 2.05) is 6.92 Å². The number of aliphatic carboxylic acids is 1. The summed E-state index contributed by atoms with van der Waals surface area (Å²) in [7, 11) is 0.